The normalized spacial score (nSPS) is 14.0. The van der Waals surface area contributed by atoms with Crippen molar-refractivity contribution in [2.24, 2.45) is 0 Å². The number of amides is 2. The molecule has 0 aliphatic carbocycles. The number of rotatable bonds is 1. The minimum atomic E-state index is -0.395. The average Bonchev–Trinajstić information content (AvgIpc) is 3.31. The number of aliphatic hydroxyl groups excluding tert-OH is 1. The van der Waals surface area contributed by atoms with Gasteiger partial charge in [-0.15, -0.1) is 0 Å². The fourth-order valence-corrected chi connectivity index (χ4v) is 4.47. The van der Waals surface area contributed by atoms with Crippen molar-refractivity contribution in [3.8, 4) is 0 Å². The number of hydrogen-bond acceptors (Lipinski definition) is 3. The molecule has 27 heavy (non-hydrogen) atoms. The minimum absolute atomic E-state index is 0.233. The third kappa shape index (κ3) is 1.59. The first-order valence-corrected chi connectivity index (χ1v) is 8.64. The third-order valence-electron chi connectivity index (χ3n) is 5.49. The van der Waals surface area contributed by atoms with Crippen LogP contribution in [0, 0.1) is 0 Å². The van der Waals surface area contributed by atoms with Crippen LogP contribution in [0.3, 0.4) is 0 Å². The quantitative estimate of drug-likeness (QED) is 0.403. The summed E-state index contributed by atoms with van der Waals surface area (Å²) in [5, 5.41) is 15.7. The van der Waals surface area contributed by atoms with Crippen molar-refractivity contribution >= 4 is 55.4 Å². The summed E-state index contributed by atoms with van der Waals surface area (Å²) in [4.78, 5) is 28.8. The van der Waals surface area contributed by atoms with Crippen LogP contribution in [0.15, 0.2) is 48.5 Å². The lowest BCUT2D eigenvalue weighted by Gasteiger charge is -2.06. The lowest BCUT2D eigenvalue weighted by molar-refractivity contribution is 0.0880. The standard InChI is InChI=1S/C21H13N3O3/c25-9-24-13-8-4-2-6-11(13)15-17-16(20(26)23-21(17)27)14-10-5-1-3-7-12(10)22-18(14)19(15)24/h1-8,22,25H,9H2,(H,23,26,27). The summed E-state index contributed by atoms with van der Waals surface area (Å²) < 4.78 is 1.78. The van der Waals surface area contributed by atoms with Gasteiger partial charge >= 0.3 is 0 Å². The summed E-state index contributed by atoms with van der Waals surface area (Å²) in [5.74, 6) is -0.777. The van der Waals surface area contributed by atoms with E-state index in [4.69, 9.17) is 0 Å². The maximum absolute atomic E-state index is 12.7. The molecule has 6 nitrogen and oxygen atoms in total. The minimum Gasteiger partial charge on any atom is -0.376 e. The molecule has 1 aliphatic rings. The highest BCUT2D eigenvalue weighted by molar-refractivity contribution is 6.39. The molecule has 3 N–H and O–H groups in total. The van der Waals surface area contributed by atoms with E-state index in [-0.39, 0.29) is 12.6 Å². The van der Waals surface area contributed by atoms with Crippen LogP contribution in [0.4, 0.5) is 0 Å². The Hall–Kier alpha value is -3.64. The maximum Gasteiger partial charge on any atom is 0.259 e. The third-order valence-corrected chi connectivity index (χ3v) is 5.49. The average molecular weight is 355 g/mol. The summed E-state index contributed by atoms with van der Waals surface area (Å²) in [6, 6.07) is 15.3. The molecular formula is C21H13N3O3. The molecule has 0 saturated heterocycles. The zero-order valence-corrected chi connectivity index (χ0v) is 14.0. The Labute approximate surface area is 152 Å². The van der Waals surface area contributed by atoms with Gasteiger partial charge in [-0.1, -0.05) is 36.4 Å². The van der Waals surface area contributed by atoms with Crippen molar-refractivity contribution in [1.29, 1.82) is 0 Å². The molecule has 0 saturated carbocycles. The Kier molecular flexibility index (Phi) is 2.55. The van der Waals surface area contributed by atoms with E-state index in [1.54, 1.807) is 4.57 Å². The van der Waals surface area contributed by atoms with E-state index in [9.17, 15) is 14.7 Å². The number of para-hydroxylation sites is 2. The van der Waals surface area contributed by atoms with Crippen LogP contribution in [0.2, 0.25) is 0 Å². The molecule has 6 rings (SSSR count). The Balaban J connectivity index is 2.05. The van der Waals surface area contributed by atoms with Gasteiger partial charge in [0.25, 0.3) is 11.8 Å². The second-order valence-electron chi connectivity index (χ2n) is 6.76. The topological polar surface area (TPSA) is 87.1 Å². The van der Waals surface area contributed by atoms with Crippen molar-refractivity contribution in [2.45, 2.75) is 6.73 Å². The van der Waals surface area contributed by atoms with E-state index in [1.165, 1.54) is 0 Å². The van der Waals surface area contributed by atoms with Crippen LogP contribution in [-0.2, 0) is 6.73 Å². The van der Waals surface area contributed by atoms with Crippen molar-refractivity contribution in [1.82, 2.24) is 14.9 Å². The van der Waals surface area contributed by atoms with E-state index in [0.717, 1.165) is 32.8 Å². The number of nitrogens with zero attached hydrogens (tertiary/aromatic N) is 1. The number of fused-ring (bicyclic) bond motifs is 10. The fraction of sp³-hybridized carbons (Fsp3) is 0.0476. The van der Waals surface area contributed by atoms with Gasteiger partial charge in [-0.25, -0.2) is 0 Å². The molecule has 6 heteroatoms. The number of aromatic amines is 1. The number of carbonyl (C=O) groups is 2. The van der Waals surface area contributed by atoms with Gasteiger partial charge in [-0.2, -0.15) is 0 Å². The Morgan fingerprint density at radius 1 is 0.852 bits per heavy atom. The summed E-state index contributed by atoms with van der Waals surface area (Å²) in [6.07, 6.45) is 0. The number of nitrogens with one attached hydrogen (secondary N) is 2. The summed E-state index contributed by atoms with van der Waals surface area (Å²) in [7, 11) is 0. The van der Waals surface area contributed by atoms with Crippen LogP contribution in [0.1, 0.15) is 20.7 Å². The predicted octanol–water partition coefficient (Wildman–Crippen LogP) is 3.26. The van der Waals surface area contributed by atoms with Crippen LogP contribution in [-0.4, -0.2) is 26.5 Å². The van der Waals surface area contributed by atoms with Gasteiger partial charge in [0.05, 0.1) is 27.7 Å². The molecule has 2 aromatic heterocycles. The summed E-state index contributed by atoms with van der Waals surface area (Å²) in [6.45, 7) is -0.233. The van der Waals surface area contributed by atoms with Crippen molar-refractivity contribution in [3.05, 3.63) is 59.7 Å². The molecule has 0 spiro atoms. The summed E-state index contributed by atoms with van der Waals surface area (Å²) >= 11 is 0. The van der Waals surface area contributed by atoms with E-state index in [2.05, 4.69) is 10.3 Å². The SMILES string of the molecule is O=C1NC(=O)c2c1c1c3ccccc3[nH]c1c1c2c2ccccc2n1CO. The number of hydrogen-bond donors (Lipinski definition) is 3. The smallest absolute Gasteiger partial charge is 0.259 e. The van der Waals surface area contributed by atoms with Gasteiger partial charge in [-0.3, -0.25) is 14.9 Å². The highest BCUT2D eigenvalue weighted by Gasteiger charge is 2.35. The zero-order chi connectivity index (χ0) is 18.3. The van der Waals surface area contributed by atoms with Gasteiger partial charge in [0.1, 0.15) is 6.73 Å². The molecule has 0 radical (unpaired) electrons. The molecular weight excluding hydrogens is 342 g/mol. The molecule has 0 unspecified atom stereocenters. The van der Waals surface area contributed by atoms with E-state index >= 15 is 0 Å². The Morgan fingerprint density at radius 3 is 2.30 bits per heavy atom. The number of benzene rings is 3. The van der Waals surface area contributed by atoms with Crippen LogP contribution >= 0.6 is 0 Å². The zero-order valence-electron chi connectivity index (χ0n) is 14.0. The lowest BCUT2D eigenvalue weighted by Crippen LogP contribution is -2.20. The Bertz CT molecular complexity index is 1470. The van der Waals surface area contributed by atoms with E-state index in [0.29, 0.717) is 21.9 Å². The van der Waals surface area contributed by atoms with Crippen molar-refractivity contribution < 1.29 is 14.7 Å². The van der Waals surface area contributed by atoms with Crippen molar-refractivity contribution in [3.63, 3.8) is 0 Å². The lowest BCUT2D eigenvalue weighted by atomic mass is 9.97. The van der Waals surface area contributed by atoms with Crippen molar-refractivity contribution in [2.75, 3.05) is 0 Å². The molecule has 0 atom stereocenters. The first-order chi connectivity index (χ1) is 13.2. The van der Waals surface area contributed by atoms with Gasteiger partial charge in [0.2, 0.25) is 0 Å². The second kappa shape index (κ2) is 4.75. The second-order valence-corrected chi connectivity index (χ2v) is 6.76. The highest BCUT2D eigenvalue weighted by Crippen LogP contribution is 2.43. The van der Waals surface area contributed by atoms with E-state index < -0.39 is 5.91 Å². The van der Waals surface area contributed by atoms with Gasteiger partial charge in [0.15, 0.2) is 0 Å². The highest BCUT2D eigenvalue weighted by atomic mass is 16.3. The monoisotopic (exact) mass is 355 g/mol. The molecule has 0 bridgehead atoms. The fourth-order valence-electron chi connectivity index (χ4n) is 4.47. The van der Waals surface area contributed by atoms with Crippen LogP contribution in [0.25, 0.3) is 43.6 Å². The van der Waals surface area contributed by atoms with Gasteiger partial charge < -0.3 is 14.7 Å². The summed E-state index contributed by atoms with van der Waals surface area (Å²) in [5.41, 5.74) is 3.96. The molecule has 0 fully saturated rings. The maximum atomic E-state index is 12.7. The molecule has 130 valence electrons. The first kappa shape index (κ1) is 14.5. The number of imide groups is 1. The molecule has 3 heterocycles. The largest absolute Gasteiger partial charge is 0.376 e. The van der Waals surface area contributed by atoms with Gasteiger partial charge in [-0.05, 0) is 12.1 Å². The molecule has 3 aromatic carbocycles. The number of H-pyrrole nitrogens is 1. The number of aliphatic hydroxyl groups is 1. The van der Waals surface area contributed by atoms with E-state index in [1.807, 2.05) is 48.5 Å². The molecule has 1 aliphatic heterocycles. The number of aromatic nitrogens is 2. The number of carbonyl (C=O) groups excluding carboxylic acids is 2. The van der Waals surface area contributed by atoms with Crippen LogP contribution in [0.5, 0.6) is 0 Å². The van der Waals surface area contributed by atoms with Crippen LogP contribution < -0.4 is 5.32 Å². The Morgan fingerprint density at radius 2 is 1.52 bits per heavy atom. The first-order valence-electron chi connectivity index (χ1n) is 8.64. The predicted molar refractivity (Wildman–Crippen MR) is 103 cm³/mol. The molecule has 2 amide bonds. The molecule has 5 aromatic rings. The van der Waals surface area contributed by atoms with Gasteiger partial charge in [0, 0.05) is 27.1 Å².